The van der Waals surface area contributed by atoms with E-state index >= 15 is 0 Å². The number of nitrogens with zero attached hydrogens (tertiary/aromatic N) is 1. The van der Waals surface area contributed by atoms with E-state index in [0.717, 1.165) is 12.5 Å². The van der Waals surface area contributed by atoms with Gasteiger partial charge in [-0.1, -0.05) is 6.07 Å². The van der Waals surface area contributed by atoms with Gasteiger partial charge >= 0.3 is 23.9 Å². The van der Waals surface area contributed by atoms with Crippen LogP contribution in [-0.2, 0) is 38.9 Å². The molecule has 7 atom stereocenters. The fraction of sp³-hybridized carbons (Fsp3) is 0.567. The highest BCUT2D eigenvalue weighted by atomic mass is 16.6. The fourth-order valence-corrected chi connectivity index (χ4v) is 6.61. The Morgan fingerprint density at radius 1 is 1.14 bits per heavy atom. The number of aromatic hydroxyl groups is 1. The Kier molecular flexibility index (Phi) is 9.10. The van der Waals surface area contributed by atoms with Gasteiger partial charge in [0.15, 0.2) is 23.4 Å². The van der Waals surface area contributed by atoms with E-state index in [1.54, 1.807) is 6.07 Å². The summed E-state index contributed by atoms with van der Waals surface area (Å²) in [5, 5.41) is 50.9. The molecule has 14 heteroatoms. The lowest BCUT2D eigenvalue weighted by Gasteiger charge is -2.58. The molecule has 1 fully saturated rings. The van der Waals surface area contributed by atoms with Crippen LogP contribution in [0.5, 0.6) is 11.5 Å². The third-order valence-electron chi connectivity index (χ3n) is 9.12. The average Bonchev–Trinajstić information content (AvgIpc) is 3.31. The molecule has 0 saturated carbocycles. The number of phenolic OH excluding ortho intramolecular Hbond substituents is 1. The largest absolute Gasteiger partial charge is 0.504 e. The number of aryl methyl sites for hydroxylation is 1. The van der Waals surface area contributed by atoms with Gasteiger partial charge in [-0.15, -0.1) is 0 Å². The molecule has 3 aliphatic rings. The molecule has 5 N–H and O–H groups in total. The number of fused-ring (bicyclic) bond motifs is 1. The summed E-state index contributed by atoms with van der Waals surface area (Å²) in [5.41, 5.74) is -1.14. The maximum Gasteiger partial charge on any atom is 0.345 e. The SMILES string of the molecule is Cc1ccc(O)c2c1[C@]13CCN(C)[C@H](C)[C@]1(O)CC=C(OC(=O)C[C@H](CC(=O)[C@H](C)O)C(=O)O[C@@H](CC(=O)O)C(=O)O)[C@@H]3O2. The highest BCUT2D eigenvalue weighted by Crippen LogP contribution is 2.62. The molecule has 0 bridgehead atoms. The van der Waals surface area contributed by atoms with Crippen molar-refractivity contribution in [3.63, 3.8) is 0 Å². The number of carboxylic acids is 2. The number of hydrogen-bond donors (Lipinski definition) is 5. The number of ketones is 1. The number of likely N-dealkylation sites (tertiary alicyclic amines) is 1. The van der Waals surface area contributed by atoms with Crippen LogP contribution in [0.25, 0.3) is 0 Å². The summed E-state index contributed by atoms with van der Waals surface area (Å²) in [6.07, 6.45) is -5.23. The van der Waals surface area contributed by atoms with Crippen LogP contribution in [-0.4, -0.2) is 104 Å². The van der Waals surface area contributed by atoms with Crippen molar-refractivity contribution < 1.29 is 63.7 Å². The van der Waals surface area contributed by atoms with Crippen molar-refractivity contribution in [2.75, 3.05) is 13.6 Å². The van der Waals surface area contributed by atoms with E-state index in [1.165, 1.54) is 12.1 Å². The summed E-state index contributed by atoms with van der Waals surface area (Å²) in [6.45, 7) is 5.41. The van der Waals surface area contributed by atoms with Crippen molar-refractivity contribution >= 4 is 29.7 Å². The first-order chi connectivity index (χ1) is 20.5. The number of Topliss-reactive ketones (excluding diaryl/α,β-unsaturated/α-hetero) is 1. The molecule has 0 aromatic heterocycles. The number of likely N-dealkylation sites (N-methyl/N-ethyl adjacent to an activating group) is 1. The minimum absolute atomic E-state index is 0.0229. The molecule has 2 heterocycles. The van der Waals surface area contributed by atoms with Gasteiger partial charge in [-0.3, -0.25) is 19.2 Å². The van der Waals surface area contributed by atoms with E-state index in [0.29, 0.717) is 18.5 Å². The van der Waals surface area contributed by atoms with E-state index in [1.807, 2.05) is 25.8 Å². The minimum atomic E-state index is -2.08. The zero-order valence-electron chi connectivity index (χ0n) is 24.8. The normalized spacial score (nSPS) is 27.7. The molecular weight excluding hydrogens is 582 g/mol. The number of aliphatic carboxylic acids is 2. The second-order valence-corrected chi connectivity index (χ2v) is 11.8. The zero-order valence-corrected chi connectivity index (χ0v) is 24.8. The average molecular weight is 620 g/mol. The molecule has 0 amide bonds. The number of benzene rings is 1. The van der Waals surface area contributed by atoms with E-state index in [-0.39, 0.29) is 29.7 Å². The Hall–Kier alpha value is -4.01. The van der Waals surface area contributed by atoms with Gasteiger partial charge in [-0.2, -0.15) is 0 Å². The molecule has 44 heavy (non-hydrogen) atoms. The predicted molar refractivity (Wildman–Crippen MR) is 149 cm³/mol. The summed E-state index contributed by atoms with van der Waals surface area (Å²) in [7, 11) is 1.88. The molecule has 240 valence electrons. The number of carboxylic acid groups (broad SMARTS) is 2. The molecule has 0 radical (unpaired) electrons. The number of aliphatic hydroxyl groups is 2. The van der Waals surface area contributed by atoms with E-state index < -0.39 is 84.2 Å². The van der Waals surface area contributed by atoms with Crippen LogP contribution >= 0.6 is 0 Å². The van der Waals surface area contributed by atoms with Gasteiger partial charge in [0.25, 0.3) is 0 Å². The van der Waals surface area contributed by atoms with Gasteiger partial charge in [0.05, 0.1) is 29.8 Å². The molecule has 0 unspecified atom stereocenters. The summed E-state index contributed by atoms with van der Waals surface area (Å²) >= 11 is 0. The lowest BCUT2D eigenvalue weighted by molar-refractivity contribution is -0.172. The van der Waals surface area contributed by atoms with Crippen molar-refractivity contribution in [3.05, 3.63) is 35.1 Å². The van der Waals surface area contributed by atoms with Crippen molar-refractivity contribution in [2.24, 2.45) is 5.92 Å². The Labute approximate surface area is 252 Å². The van der Waals surface area contributed by atoms with Crippen LogP contribution in [0.2, 0.25) is 0 Å². The number of piperidine rings is 1. The van der Waals surface area contributed by atoms with Crippen LogP contribution in [0.3, 0.4) is 0 Å². The second kappa shape index (κ2) is 12.2. The molecular formula is C30H37NO13. The highest BCUT2D eigenvalue weighted by Gasteiger charge is 2.69. The lowest BCUT2D eigenvalue weighted by atomic mass is 9.54. The summed E-state index contributed by atoms with van der Waals surface area (Å²) in [6, 6.07) is 2.83. The molecule has 4 rings (SSSR count). The zero-order chi connectivity index (χ0) is 32.7. The Morgan fingerprint density at radius 2 is 1.82 bits per heavy atom. The molecule has 1 aromatic carbocycles. The smallest absolute Gasteiger partial charge is 0.345 e. The first kappa shape index (κ1) is 32.9. The molecule has 14 nitrogen and oxygen atoms in total. The predicted octanol–water partition coefficient (Wildman–Crippen LogP) is 0.803. The second-order valence-electron chi connectivity index (χ2n) is 11.8. The number of aliphatic hydroxyl groups excluding tert-OH is 1. The standard InChI is InChI=1S/C30H37NO13/c1-14-5-6-18(33)25-24(14)29-9-10-31(4)16(3)30(29,41)8-7-20(26(29)44-25)42-23(37)12-17(11-19(34)15(2)32)28(40)43-21(27(38)39)13-22(35)36/h5-7,15-17,21,26,32-33,41H,8-13H2,1-4H3,(H,35,36)(H,38,39)/t15-,16+,17-,21-,26-,29-,30+/m0/s1. The number of esters is 2. The molecule has 1 aliphatic carbocycles. The maximum absolute atomic E-state index is 13.3. The monoisotopic (exact) mass is 619 g/mol. The Balaban J connectivity index is 1.64. The van der Waals surface area contributed by atoms with E-state index in [4.69, 9.17) is 19.3 Å². The quantitative estimate of drug-likeness (QED) is 0.217. The van der Waals surface area contributed by atoms with Crippen LogP contribution in [0.15, 0.2) is 24.0 Å². The first-order valence-electron chi connectivity index (χ1n) is 14.2. The summed E-state index contributed by atoms with van der Waals surface area (Å²) < 4.78 is 16.8. The van der Waals surface area contributed by atoms with Gasteiger partial charge in [-0.25, -0.2) is 4.79 Å². The number of phenols is 1. The number of carbonyl (C=O) groups is 5. The van der Waals surface area contributed by atoms with Gasteiger partial charge in [0, 0.05) is 24.4 Å². The van der Waals surface area contributed by atoms with E-state index in [2.05, 4.69) is 0 Å². The molecule has 2 aliphatic heterocycles. The third kappa shape index (κ3) is 5.64. The molecule has 1 aromatic rings. The van der Waals surface area contributed by atoms with Crippen molar-refractivity contribution in [1.29, 1.82) is 0 Å². The number of hydrogen-bond acceptors (Lipinski definition) is 12. The van der Waals surface area contributed by atoms with Gasteiger partial charge in [0.2, 0.25) is 6.10 Å². The van der Waals surface area contributed by atoms with Gasteiger partial charge in [0.1, 0.15) is 11.9 Å². The molecule has 1 spiro atoms. The maximum atomic E-state index is 13.3. The van der Waals surface area contributed by atoms with Crippen LogP contribution in [0.1, 0.15) is 57.1 Å². The van der Waals surface area contributed by atoms with Crippen molar-refractivity contribution in [2.45, 2.75) is 88.2 Å². The Bertz CT molecular complexity index is 1400. The van der Waals surface area contributed by atoms with Crippen LogP contribution in [0.4, 0.5) is 0 Å². The third-order valence-corrected chi connectivity index (χ3v) is 9.12. The topological polar surface area (TPSA) is 217 Å². The highest BCUT2D eigenvalue weighted by molar-refractivity contribution is 5.90. The molecule has 1 saturated heterocycles. The van der Waals surface area contributed by atoms with Gasteiger partial charge < -0.3 is 44.6 Å². The Morgan fingerprint density at radius 3 is 2.43 bits per heavy atom. The summed E-state index contributed by atoms with van der Waals surface area (Å²) in [5.74, 6) is -8.06. The first-order valence-corrected chi connectivity index (χ1v) is 14.2. The van der Waals surface area contributed by atoms with Crippen LogP contribution in [0, 0.1) is 12.8 Å². The van der Waals surface area contributed by atoms with E-state index in [9.17, 15) is 44.4 Å². The van der Waals surface area contributed by atoms with Gasteiger partial charge in [-0.05, 0) is 58.5 Å². The fourth-order valence-electron chi connectivity index (χ4n) is 6.61. The summed E-state index contributed by atoms with van der Waals surface area (Å²) in [4.78, 5) is 63.0. The number of rotatable bonds is 11. The van der Waals surface area contributed by atoms with Crippen molar-refractivity contribution in [1.82, 2.24) is 4.90 Å². The lowest BCUT2D eigenvalue weighted by Crippen LogP contribution is -2.71. The minimum Gasteiger partial charge on any atom is -0.504 e. The number of ether oxygens (including phenoxy) is 3. The van der Waals surface area contributed by atoms with Crippen LogP contribution < -0.4 is 4.74 Å². The van der Waals surface area contributed by atoms with Crippen molar-refractivity contribution in [3.8, 4) is 11.5 Å². The number of carbonyl (C=O) groups excluding carboxylic acids is 3.